The van der Waals surface area contributed by atoms with E-state index in [2.05, 4.69) is 17.9 Å². The first-order chi connectivity index (χ1) is 12.4. The molecule has 1 fully saturated rings. The van der Waals surface area contributed by atoms with Gasteiger partial charge in [0.25, 0.3) is 0 Å². The summed E-state index contributed by atoms with van der Waals surface area (Å²) in [5, 5.41) is 10.7. The Morgan fingerprint density at radius 1 is 1.19 bits per heavy atom. The average molecular weight is 353 g/mol. The number of rotatable bonds is 5. The highest BCUT2D eigenvalue weighted by molar-refractivity contribution is 5.84. The van der Waals surface area contributed by atoms with Crippen molar-refractivity contribution in [2.45, 2.75) is 39.3 Å². The molecule has 0 saturated heterocycles. The number of benzene rings is 1. The second kappa shape index (κ2) is 6.32. The Bertz CT molecular complexity index is 1020. The largest absolute Gasteiger partial charge is 0.508 e. The monoisotopic (exact) mass is 353 g/mol. The second-order valence-electron chi connectivity index (χ2n) is 7.47. The molecule has 0 spiro atoms. The van der Waals surface area contributed by atoms with Crippen LogP contribution in [-0.4, -0.2) is 17.1 Å². The molecule has 1 aliphatic carbocycles. The van der Waals surface area contributed by atoms with Gasteiger partial charge in [-0.1, -0.05) is 6.92 Å². The fraction of sp³-hybridized carbons (Fsp3) is 0.381. The van der Waals surface area contributed by atoms with Crippen molar-refractivity contribution in [1.82, 2.24) is 4.90 Å². The number of nitrogens with zero attached hydrogens (tertiary/aromatic N) is 1. The van der Waals surface area contributed by atoms with E-state index in [1.54, 1.807) is 19.1 Å². The maximum Gasteiger partial charge on any atom is 0.336 e. The Kier molecular flexibility index (Phi) is 4.11. The van der Waals surface area contributed by atoms with Gasteiger partial charge in [0.15, 0.2) is 0 Å². The van der Waals surface area contributed by atoms with Gasteiger partial charge in [-0.15, -0.1) is 0 Å². The minimum atomic E-state index is -0.405. The van der Waals surface area contributed by atoms with Crippen molar-refractivity contribution in [1.29, 1.82) is 0 Å². The van der Waals surface area contributed by atoms with E-state index in [1.165, 1.54) is 12.5 Å². The molecule has 1 aromatic carbocycles. The molecule has 1 saturated carbocycles. The van der Waals surface area contributed by atoms with Crippen LogP contribution >= 0.6 is 0 Å². The van der Waals surface area contributed by atoms with Gasteiger partial charge < -0.3 is 13.9 Å². The van der Waals surface area contributed by atoms with E-state index in [-0.39, 0.29) is 5.75 Å². The zero-order valence-corrected chi connectivity index (χ0v) is 15.3. The quantitative estimate of drug-likeness (QED) is 0.698. The molecule has 1 N–H and O–H groups in total. The van der Waals surface area contributed by atoms with Gasteiger partial charge in [-0.2, -0.15) is 0 Å². The van der Waals surface area contributed by atoms with Gasteiger partial charge >= 0.3 is 5.63 Å². The first-order valence-electron chi connectivity index (χ1n) is 8.95. The van der Waals surface area contributed by atoms with E-state index in [0.717, 1.165) is 28.4 Å². The van der Waals surface area contributed by atoms with Gasteiger partial charge in [0, 0.05) is 29.5 Å². The summed E-state index contributed by atoms with van der Waals surface area (Å²) in [4.78, 5) is 14.0. The normalized spacial score (nSPS) is 19.4. The van der Waals surface area contributed by atoms with Crippen LogP contribution in [0.5, 0.6) is 5.75 Å². The summed E-state index contributed by atoms with van der Waals surface area (Å²) in [6.07, 6.45) is 1.21. The van der Waals surface area contributed by atoms with Crippen LogP contribution in [0, 0.1) is 12.8 Å². The maximum atomic E-state index is 11.9. The summed E-state index contributed by atoms with van der Waals surface area (Å²) < 4.78 is 11.3. The van der Waals surface area contributed by atoms with E-state index < -0.39 is 5.63 Å². The lowest BCUT2D eigenvalue weighted by Crippen LogP contribution is -2.18. The van der Waals surface area contributed by atoms with Crippen molar-refractivity contribution in [3.05, 3.63) is 63.4 Å². The topological polar surface area (TPSA) is 66.8 Å². The highest BCUT2D eigenvalue weighted by Crippen LogP contribution is 2.47. The lowest BCUT2D eigenvalue weighted by Gasteiger charge is -2.16. The van der Waals surface area contributed by atoms with Crippen LogP contribution in [0.4, 0.5) is 0 Å². The Balaban J connectivity index is 1.55. The van der Waals surface area contributed by atoms with E-state index >= 15 is 0 Å². The minimum Gasteiger partial charge on any atom is -0.508 e. The summed E-state index contributed by atoms with van der Waals surface area (Å²) in [7, 11) is 2.00. The van der Waals surface area contributed by atoms with Gasteiger partial charge in [-0.25, -0.2) is 4.79 Å². The van der Waals surface area contributed by atoms with Gasteiger partial charge in [-0.05, 0) is 56.1 Å². The SMILES string of the molecule is Cc1c(O)ccc2c(CN(C)Cc3ccc([C@H]4C[C@@H]4C)o3)cc(=O)oc12. The van der Waals surface area contributed by atoms with E-state index in [1.807, 2.05) is 13.1 Å². The van der Waals surface area contributed by atoms with Gasteiger partial charge in [0.05, 0.1) is 6.54 Å². The molecule has 3 aromatic rings. The van der Waals surface area contributed by atoms with Crippen molar-refractivity contribution in [2.24, 2.45) is 5.92 Å². The summed E-state index contributed by atoms with van der Waals surface area (Å²) in [5.41, 5.74) is 1.50. The Hall–Kier alpha value is -2.53. The number of fused-ring (bicyclic) bond motifs is 1. The third-order valence-electron chi connectivity index (χ3n) is 5.24. The molecule has 0 bridgehead atoms. The van der Waals surface area contributed by atoms with Crippen LogP contribution in [0.3, 0.4) is 0 Å². The fourth-order valence-electron chi connectivity index (χ4n) is 3.56. The fourth-order valence-corrected chi connectivity index (χ4v) is 3.56. The smallest absolute Gasteiger partial charge is 0.336 e. The van der Waals surface area contributed by atoms with Crippen LogP contribution in [0.2, 0.25) is 0 Å². The molecule has 2 atom stereocenters. The molecule has 136 valence electrons. The number of phenols is 1. The van der Waals surface area contributed by atoms with Crippen LogP contribution < -0.4 is 5.63 Å². The van der Waals surface area contributed by atoms with Crippen molar-refractivity contribution in [3.8, 4) is 5.75 Å². The molecular weight excluding hydrogens is 330 g/mol. The molecule has 5 heteroatoms. The van der Waals surface area contributed by atoms with Crippen LogP contribution in [0.1, 0.15) is 41.9 Å². The van der Waals surface area contributed by atoms with Gasteiger partial charge in [0.2, 0.25) is 0 Å². The third-order valence-corrected chi connectivity index (χ3v) is 5.24. The van der Waals surface area contributed by atoms with Crippen LogP contribution in [0.15, 0.2) is 44.0 Å². The molecular formula is C21H23NO4. The molecule has 26 heavy (non-hydrogen) atoms. The molecule has 2 heterocycles. The molecule has 0 amide bonds. The lowest BCUT2D eigenvalue weighted by molar-refractivity contribution is 0.283. The number of aromatic hydroxyl groups is 1. The summed E-state index contributed by atoms with van der Waals surface area (Å²) in [6, 6.07) is 9.07. The van der Waals surface area contributed by atoms with Gasteiger partial charge in [-0.3, -0.25) is 4.90 Å². The number of hydrogen-bond donors (Lipinski definition) is 1. The second-order valence-corrected chi connectivity index (χ2v) is 7.47. The summed E-state index contributed by atoms with van der Waals surface area (Å²) in [5.74, 6) is 3.44. The molecule has 0 unspecified atom stereocenters. The molecule has 4 rings (SSSR count). The van der Waals surface area contributed by atoms with Crippen molar-refractivity contribution >= 4 is 11.0 Å². The zero-order valence-electron chi connectivity index (χ0n) is 15.3. The van der Waals surface area contributed by atoms with Gasteiger partial charge in [0.1, 0.15) is 22.9 Å². The maximum absolute atomic E-state index is 11.9. The Morgan fingerprint density at radius 3 is 2.69 bits per heavy atom. The Morgan fingerprint density at radius 2 is 1.96 bits per heavy atom. The van der Waals surface area contributed by atoms with Crippen molar-refractivity contribution < 1.29 is 13.9 Å². The molecule has 2 aromatic heterocycles. The Labute approximate surface area is 151 Å². The number of aryl methyl sites for hydroxylation is 1. The molecule has 1 aliphatic rings. The molecule has 5 nitrogen and oxygen atoms in total. The number of furan rings is 1. The van der Waals surface area contributed by atoms with Crippen LogP contribution in [-0.2, 0) is 13.1 Å². The highest BCUT2D eigenvalue weighted by Gasteiger charge is 2.36. The summed E-state index contributed by atoms with van der Waals surface area (Å²) >= 11 is 0. The predicted molar refractivity (Wildman–Crippen MR) is 99.3 cm³/mol. The highest BCUT2D eigenvalue weighted by atomic mass is 16.4. The standard InChI is InChI=1S/C21H23NO4/c1-12-8-17(12)19-7-4-15(25-19)11-22(3)10-14-9-20(24)26-21-13(2)18(23)6-5-16(14)21/h4-7,9,12,17,23H,8,10-11H2,1-3H3/t12-,17-/m0/s1. The van der Waals surface area contributed by atoms with E-state index in [0.29, 0.717) is 30.2 Å². The minimum absolute atomic E-state index is 0.128. The van der Waals surface area contributed by atoms with Crippen LogP contribution in [0.25, 0.3) is 11.0 Å². The number of phenolic OH excluding ortho intramolecular Hbond substituents is 1. The first kappa shape index (κ1) is 16.9. The van der Waals surface area contributed by atoms with E-state index in [4.69, 9.17) is 8.83 Å². The van der Waals surface area contributed by atoms with Crippen molar-refractivity contribution in [2.75, 3.05) is 7.05 Å². The number of hydrogen-bond acceptors (Lipinski definition) is 5. The first-order valence-corrected chi connectivity index (χ1v) is 8.95. The average Bonchev–Trinajstić information content (AvgIpc) is 3.13. The molecule has 0 radical (unpaired) electrons. The summed E-state index contributed by atoms with van der Waals surface area (Å²) in [6.45, 7) is 5.24. The van der Waals surface area contributed by atoms with E-state index in [9.17, 15) is 9.90 Å². The predicted octanol–water partition coefficient (Wildman–Crippen LogP) is 4.16. The lowest BCUT2D eigenvalue weighted by atomic mass is 10.1. The third kappa shape index (κ3) is 3.15. The van der Waals surface area contributed by atoms with Crippen molar-refractivity contribution in [3.63, 3.8) is 0 Å². The zero-order chi connectivity index (χ0) is 18.4. The molecule has 0 aliphatic heterocycles.